The Bertz CT molecular complexity index is 318. The summed E-state index contributed by atoms with van der Waals surface area (Å²) in [4.78, 5) is 0. The van der Waals surface area contributed by atoms with Crippen molar-refractivity contribution >= 4 is 11.3 Å². The van der Waals surface area contributed by atoms with Gasteiger partial charge in [0.2, 0.25) is 0 Å². The van der Waals surface area contributed by atoms with Crippen LogP contribution >= 0.6 is 11.3 Å². The Morgan fingerprint density at radius 2 is 2.38 bits per heavy atom. The van der Waals surface area contributed by atoms with Crippen LogP contribution in [0.1, 0.15) is 38.7 Å². The smallest absolute Gasteiger partial charge is 0.0117 e. The lowest BCUT2D eigenvalue weighted by Crippen LogP contribution is -2.31. The molecule has 1 aromatic heterocycles. The molecule has 1 aromatic rings. The molecule has 0 aliphatic rings. The zero-order valence-electron chi connectivity index (χ0n) is 10.3. The lowest BCUT2D eigenvalue weighted by Gasteiger charge is -2.16. The molecule has 1 nitrogen and oxygen atoms in total. The zero-order valence-corrected chi connectivity index (χ0v) is 11.1. The molecule has 88 valence electrons. The van der Waals surface area contributed by atoms with E-state index in [2.05, 4.69) is 40.9 Å². The molecule has 0 saturated carbocycles. The van der Waals surface area contributed by atoms with E-state index in [0.717, 1.165) is 25.8 Å². The molecule has 1 rings (SSSR count). The highest BCUT2D eigenvalue weighted by Crippen LogP contribution is 2.11. The van der Waals surface area contributed by atoms with Crippen LogP contribution in [-0.2, 0) is 6.42 Å². The van der Waals surface area contributed by atoms with Gasteiger partial charge in [0.1, 0.15) is 0 Å². The van der Waals surface area contributed by atoms with Gasteiger partial charge in [0.05, 0.1) is 0 Å². The van der Waals surface area contributed by atoms with E-state index in [1.54, 1.807) is 11.3 Å². The van der Waals surface area contributed by atoms with Crippen LogP contribution in [0, 0.1) is 11.8 Å². The van der Waals surface area contributed by atoms with Gasteiger partial charge in [0.15, 0.2) is 0 Å². The summed E-state index contributed by atoms with van der Waals surface area (Å²) in [6.07, 6.45) is 4.48. The third-order valence-corrected chi connectivity index (χ3v) is 3.27. The van der Waals surface area contributed by atoms with E-state index < -0.39 is 0 Å². The van der Waals surface area contributed by atoms with Crippen LogP contribution in [0.4, 0.5) is 0 Å². The number of thiophene rings is 1. The second kappa shape index (κ2) is 8.38. The Hall–Kier alpha value is -0.780. The molecule has 16 heavy (non-hydrogen) atoms. The van der Waals surface area contributed by atoms with Gasteiger partial charge in [-0.1, -0.05) is 6.92 Å². The average Bonchev–Trinajstić information content (AvgIpc) is 2.78. The van der Waals surface area contributed by atoms with Crippen molar-refractivity contribution in [3.8, 4) is 11.8 Å². The van der Waals surface area contributed by atoms with Crippen LogP contribution in [0.15, 0.2) is 16.8 Å². The molecule has 1 atom stereocenters. The minimum Gasteiger partial charge on any atom is -0.314 e. The maximum atomic E-state index is 3.60. The summed E-state index contributed by atoms with van der Waals surface area (Å²) in [6, 6.07) is 2.80. The third kappa shape index (κ3) is 5.34. The summed E-state index contributed by atoms with van der Waals surface area (Å²) in [5.74, 6) is 6.11. The molecule has 0 fully saturated rings. The van der Waals surface area contributed by atoms with Crippen molar-refractivity contribution in [2.24, 2.45) is 0 Å². The van der Waals surface area contributed by atoms with Crippen LogP contribution < -0.4 is 5.32 Å². The first-order valence-corrected chi connectivity index (χ1v) is 6.95. The molecular formula is C14H21NS. The first kappa shape index (κ1) is 13.3. The third-order valence-electron chi connectivity index (χ3n) is 2.54. The van der Waals surface area contributed by atoms with E-state index in [4.69, 9.17) is 0 Å². The monoisotopic (exact) mass is 235 g/mol. The second-order valence-electron chi connectivity index (χ2n) is 3.95. The molecular weight excluding hydrogens is 214 g/mol. The Morgan fingerprint density at radius 1 is 1.50 bits per heavy atom. The maximum absolute atomic E-state index is 3.60. The first-order chi connectivity index (χ1) is 7.86. The summed E-state index contributed by atoms with van der Waals surface area (Å²) in [6.45, 7) is 5.22. The van der Waals surface area contributed by atoms with Crippen LogP contribution in [-0.4, -0.2) is 12.6 Å². The van der Waals surface area contributed by atoms with Crippen molar-refractivity contribution in [3.05, 3.63) is 22.4 Å². The topological polar surface area (TPSA) is 12.0 Å². The van der Waals surface area contributed by atoms with Gasteiger partial charge < -0.3 is 5.32 Å². The predicted molar refractivity (Wildman–Crippen MR) is 72.8 cm³/mol. The van der Waals surface area contributed by atoms with E-state index >= 15 is 0 Å². The molecule has 0 aliphatic heterocycles. The Kier molecular flexibility index (Phi) is 6.96. The maximum Gasteiger partial charge on any atom is 0.0117 e. The number of hydrogen-bond acceptors (Lipinski definition) is 2. The number of nitrogens with one attached hydrogen (secondary N) is 1. The van der Waals surface area contributed by atoms with Crippen molar-refractivity contribution < 1.29 is 0 Å². The Balaban J connectivity index is 2.38. The van der Waals surface area contributed by atoms with E-state index in [1.807, 2.05) is 6.92 Å². The molecule has 2 heteroatoms. The highest BCUT2D eigenvalue weighted by molar-refractivity contribution is 7.07. The molecule has 0 aromatic carbocycles. The van der Waals surface area contributed by atoms with Gasteiger partial charge in [-0.3, -0.25) is 0 Å². The highest BCUT2D eigenvalue weighted by atomic mass is 32.1. The quantitative estimate of drug-likeness (QED) is 0.714. The van der Waals surface area contributed by atoms with E-state index in [-0.39, 0.29) is 0 Å². The van der Waals surface area contributed by atoms with Crippen molar-refractivity contribution in [1.82, 2.24) is 5.32 Å². The van der Waals surface area contributed by atoms with Crippen LogP contribution in [0.5, 0.6) is 0 Å². The molecule has 1 heterocycles. The largest absolute Gasteiger partial charge is 0.314 e. The fraction of sp³-hybridized carbons (Fsp3) is 0.571. The van der Waals surface area contributed by atoms with Crippen molar-refractivity contribution in [2.45, 2.75) is 45.6 Å². The normalized spacial score (nSPS) is 11.9. The summed E-state index contributed by atoms with van der Waals surface area (Å²) in [5.41, 5.74) is 1.45. The van der Waals surface area contributed by atoms with Gasteiger partial charge in [-0.2, -0.15) is 11.3 Å². The SMILES string of the molecule is CC#CCCC(Cc1ccsc1)NCCC. The van der Waals surface area contributed by atoms with E-state index in [0.29, 0.717) is 6.04 Å². The zero-order chi connectivity index (χ0) is 11.6. The van der Waals surface area contributed by atoms with Gasteiger partial charge in [0.25, 0.3) is 0 Å². The molecule has 0 bridgehead atoms. The minimum absolute atomic E-state index is 0.579. The number of hydrogen-bond donors (Lipinski definition) is 1. The summed E-state index contributed by atoms with van der Waals surface area (Å²) in [7, 11) is 0. The van der Waals surface area contributed by atoms with Gasteiger partial charge >= 0.3 is 0 Å². The first-order valence-electron chi connectivity index (χ1n) is 6.01. The molecule has 1 unspecified atom stereocenters. The van der Waals surface area contributed by atoms with Crippen LogP contribution in [0.2, 0.25) is 0 Å². The second-order valence-corrected chi connectivity index (χ2v) is 4.73. The van der Waals surface area contributed by atoms with E-state index in [9.17, 15) is 0 Å². The minimum atomic E-state index is 0.579. The van der Waals surface area contributed by atoms with Gasteiger partial charge in [0, 0.05) is 12.5 Å². The van der Waals surface area contributed by atoms with Crippen molar-refractivity contribution in [2.75, 3.05) is 6.54 Å². The summed E-state index contributed by atoms with van der Waals surface area (Å²) < 4.78 is 0. The lowest BCUT2D eigenvalue weighted by atomic mass is 10.0. The fourth-order valence-corrected chi connectivity index (χ4v) is 2.37. The summed E-state index contributed by atoms with van der Waals surface area (Å²) >= 11 is 1.78. The molecule has 0 amide bonds. The molecule has 0 saturated heterocycles. The Morgan fingerprint density at radius 3 is 3.00 bits per heavy atom. The predicted octanol–water partition coefficient (Wildman–Crippen LogP) is 3.46. The standard InChI is InChI=1S/C14H21NS/c1-3-5-6-7-14(15-9-4-2)11-13-8-10-16-12-13/h8,10,12,14-15H,4,6-7,9,11H2,1-2H3. The van der Waals surface area contributed by atoms with Gasteiger partial charge in [-0.25, -0.2) is 0 Å². The lowest BCUT2D eigenvalue weighted by molar-refractivity contribution is 0.483. The Labute approximate surface area is 103 Å². The molecule has 0 spiro atoms. The summed E-state index contributed by atoms with van der Waals surface area (Å²) in [5, 5.41) is 8.00. The molecule has 1 N–H and O–H groups in total. The van der Waals surface area contributed by atoms with Gasteiger partial charge in [-0.05, 0) is 55.1 Å². The molecule has 0 aliphatic carbocycles. The fourth-order valence-electron chi connectivity index (χ4n) is 1.69. The molecule has 0 radical (unpaired) electrons. The van der Waals surface area contributed by atoms with Gasteiger partial charge in [-0.15, -0.1) is 11.8 Å². The van der Waals surface area contributed by atoms with E-state index in [1.165, 1.54) is 12.0 Å². The average molecular weight is 235 g/mol. The van der Waals surface area contributed by atoms with Crippen LogP contribution in [0.25, 0.3) is 0 Å². The van der Waals surface area contributed by atoms with Crippen molar-refractivity contribution in [3.63, 3.8) is 0 Å². The number of rotatable bonds is 7. The highest BCUT2D eigenvalue weighted by Gasteiger charge is 2.07. The van der Waals surface area contributed by atoms with Crippen LogP contribution in [0.3, 0.4) is 0 Å². The van der Waals surface area contributed by atoms with Crippen molar-refractivity contribution in [1.29, 1.82) is 0 Å².